The number of pyridine rings is 1. The van der Waals surface area contributed by atoms with Crippen LogP contribution in [0.25, 0.3) is 0 Å². The number of ether oxygens (including phenoxy) is 7. The minimum atomic E-state index is -1.54. The van der Waals surface area contributed by atoms with Crippen molar-refractivity contribution in [1.29, 1.82) is 0 Å². The number of H-pyrrole nitrogens is 1. The Balaban J connectivity index is 1.27. The van der Waals surface area contributed by atoms with Crippen LogP contribution >= 0.6 is 0 Å². The summed E-state index contributed by atoms with van der Waals surface area (Å²) in [5.41, 5.74) is 4.44. The standard InChI is InChI=1S/C34H41N5O15/c35-1-3-48-5-7-50-9-10-51-8-6-49-4-2-39-17-21(37-38-39)18-52-32-29-23(41)15-22(40)16-26(29)53-31(19-11-24(42)30(46)25(43)12-19)33(32)54-34(47)20-13-27(44)36-28(45)14-20/h11-17,31-33,40-43,46H,1-10,18,35H2,(H2,36,44,45). The van der Waals surface area contributed by atoms with Crippen molar-refractivity contribution >= 4 is 5.97 Å². The number of hydrogen-bond acceptors (Lipinski definition) is 18. The highest BCUT2D eigenvalue weighted by Gasteiger charge is 2.45. The number of rotatable bonds is 20. The van der Waals surface area contributed by atoms with Gasteiger partial charge in [-0.25, -0.2) is 9.48 Å². The maximum Gasteiger partial charge on any atom is 0.339 e. The summed E-state index contributed by atoms with van der Waals surface area (Å²) >= 11 is 0. The number of aromatic hydroxyl groups is 6. The molecule has 54 heavy (non-hydrogen) atoms. The first kappa shape index (κ1) is 39.6. The average molecular weight is 760 g/mol. The molecule has 2 aromatic heterocycles. The summed E-state index contributed by atoms with van der Waals surface area (Å²) in [5, 5.41) is 69.9. The van der Waals surface area contributed by atoms with Gasteiger partial charge >= 0.3 is 5.97 Å². The molecule has 0 aliphatic carbocycles. The Morgan fingerprint density at radius 3 is 2.13 bits per heavy atom. The molecular weight excluding hydrogens is 718 g/mol. The number of nitrogens with zero attached hydrogens (tertiary/aromatic N) is 3. The van der Waals surface area contributed by atoms with Gasteiger partial charge in [0.2, 0.25) is 0 Å². The fourth-order valence-electron chi connectivity index (χ4n) is 5.39. The maximum absolute atomic E-state index is 13.4. The third kappa shape index (κ3) is 10.5. The molecule has 5 rings (SSSR count). The largest absolute Gasteiger partial charge is 0.508 e. The van der Waals surface area contributed by atoms with E-state index >= 15 is 0 Å². The Bertz CT molecular complexity index is 1900. The van der Waals surface area contributed by atoms with Gasteiger partial charge in [-0.1, -0.05) is 5.21 Å². The number of aromatic amines is 1. The van der Waals surface area contributed by atoms with E-state index in [0.717, 1.165) is 30.3 Å². The lowest BCUT2D eigenvalue weighted by molar-refractivity contribution is -0.116. The molecule has 1 aliphatic rings. The summed E-state index contributed by atoms with van der Waals surface area (Å²) in [7, 11) is 0. The number of nitrogens with two attached hydrogens (primary N) is 1. The second-order valence-electron chi connectivity index (χ2n) is 11.8. The fraction of sp³-hybridized carbons (Fsp3) is 0.412. The Morgan fingerprint density at radius 1 is 0.833 bits per heavy atom. The van der Waals surface area contributed by atoms with Crippen LogP contribution in [0.15, 0.2) is 47.4 Å². The quantitative estimate of drug-likeness (QED) is 0.0352. The van der Waals surface area contributed by atoms with Gasteiger partial charge in [0.25, 0.3) is 5.56 Å². The van der Waals surface area contributed by atoms with E-state index < -0.39 is 58.7 Å². The van der Waals surface area contributed by atoms with Gasteiger partial charge in [0.1, 0.15) is 29.0 Å². The minimum Gasteiger partial charge on any atom is -0.508 e. The monoisotopic (exact) mass is 759 g/mol. The van der Waals surface area contributed by atoms with Crippen LogP contribution in [-0.2, 0) is 41.6 Å². The first-order valence-corrected chi connectivity index (χ1v) is 16.7. The van der Waals surface area contributed by atoms with Gasteiger partial charge in [0, 0.05) is 36.4 Å². The number of aromatic nitrogens is 4. The van der Waals surface area contributed by atoms with E-state index in [0.29, 0.717) is 65.0 Å². The van der Waals surface area contributed by atoms with E-state index in [1.54, 1.807) is 6.20 Å². The Morgan fingerprint density at radius 2 is 1.48 bits per heavy atom. The lowest BCUT2D eigenvalue weighted by atomic mass is 9.90. The normalized spacial score (nSPS) is 16.5. The molecule has 20 heteroatoms. The van der Waals surface area contributed by atoms with Crippen LogP contribution in [0.5, 0.6) is 40.4 Å². The van der Waals surface area contributed by atoms with E-state index in [1.807, 2.05) is 0 Å². The molecule has 0 fully saturated rings. The Hall–Kier alpha value is -5.64. The molecule has 3 atom stereocenters. The van der Waals surface area contributed by atoms with Crippen molar-refractivity contribution < 1.29 is 68.6 Å². The molecule has 20 nitrogen and oxygen atoms in total. The van der Waals surface area contributed by atoms with E-state index in [1.165, 1.54) is 10.7 Å². The number of hydrogen-bond donors (Lipinski definition) is 8. The lowest BCUT2D eigenvalue weighted by Gasteiger charge is -2.39. The van der Waals surface area contributed by atoms with Crippen LogP contribution in [0.4, 0.5) is 0 Å². The van der Waals surface area contributed by atoms with Gasteiger partial charge in [-0.15, -0.1) is 5.10 Å². The van der Waals surface area contributed by atoms with E-state index in [4.69, 9.17) is 38.9 Å². The van der Waals surface area contributed by atoms with Gasteiger partial charge in [-0.2, -0.15) is 0 Å². The van der Waals surface area contributed by atoms with Crippen LogP contribution in [0.1, 0.15) is 39.4 Å². The first-order valence-electron chi connectivity index (χ1n) is 16.7. The number of phenols is 5. The van der Waals surface area contributed by atoms with E-state index in [2.05, 4.69) is 15.3 Å². The molecule has 292 valence electrons. The lowest BCUT2D eigenvalue weighted by Crippen LogP contribution is -2.39. The van der Waals surface area contributed by atoms with Crippen LogP contribution < -0.4 is 16.0 Å². The molecule has 0 amide bonds. The van der Waals surface area contributed by atoms with E-state index in [-0.39, 0.29) is 41.4 Å². The van der Waals surface area contributed by atoms with Crippen LogP contribution in [-0.4, -0.2) is 122 Å². The van der Waals surface area contributed by atoms with Gasteiger partial charge < -0.3 is 69.5 Å². The van der Waals surface area contributed by atoms with E-state index in [9.17, 15) is 40.2 Å². The zero-order chi connectivity index (χ0) is 38.6. The Labute approximate surface area is 306 Å². The second kappa shape index (κ2) is 18.9. The number of nitrogens with one attached hydrogen (secondary N) is 1. The topological polar surface area (TPSA) is 293 Å². The van der Waals surface area contributed by atoms with Crippen molar-refractivity contribution in [1.82, 2.24) is 20.0 Å². The van der Waals surface area contributed by atoms with Gasteiger partial charge in [-0.05, 0) is 12.1 Å². The predicted molar refractivity (Wildman–Crippen MR) is 182 cm³/mol. The zero-order valence-electron chi connectivity index (χ0n) is 28.8. The number of esters is 1. The van der Waals surface area contributed by atoms with Gasteiger partial charge in [0.05, 0.1) is 83.3 Å². The first-order chi connectivity index (χ1) is 26.0. The Kier molecular flexibility index (Phi) is 13.9. The third-order valence-electron chi connectivity index (χ3n) is 7.81. The number of phenolic OH excluding ortho intramolecular Hbond substituents is 5. The van der Waals surface area contributed by atoms with Crippen molar-refractivity contribution in [2.24, 2.45) is 5.73 Å². The van der Waals surface area contributed by atoms with Crippen molar-refractivity contribution in [3.05, 3.63) is 75.3 Å². The molecule has 0 saturated carbocycles. The van der Waals surface area contributed by atoms with Crippen molar-refractivity contribution in [3.8, 4) is 40.4 Å². The summed E-state index contributed by atoms with van der Waals surface area (Å²) < 4.78 is 41.3. The SMILES string of the molecule is NCCOCCOCCOCCOCCn1cc(COC2c3c(O)cc(O)cc3OC(c3cc(O)c(O)c(O)c3)C2OC(=O)c2cc(O)[nH]c(=O)c2)nn1. The molecule has 0 bridgehead atoms. The van der Waals surface area contributed by atoms with Crippen LogP contribution in [0.3, 0.4) is 0 Å². The summed E-state index contributed by atoms with van der Waals surface area (Å²) in [4.78, 5) is 27.5. The smallest absolute Gasteiger partial charge is 0.339 e. The average Bonchev–Trinajstić information content (AvgIpc) is 3.58. The van der Waals surface area contributed by atoms with Crippen molar-refractivity contribution in [3.63, 3.8) is 0 Å². The van der Waals surface area contributed by atoms with Crippen LogP contribution in [0.2, 0.25) is 0 Å². The number of carbonyl (C=O) groups excluding carboxylic acids is 1. The molecule has 0 saturated heterocycles. The summed E-state index contributed by atoms with van der Waals surface area (Å²) in [5.74, 6) is -5.03. The predicted octanol–water partition coefficient (Wildman–Crippen LogP) is 0.842. The van der Waals surface area contributed by atoms with Gasteiger partial charge in [-0.3, -0.25) is 9.78 Å². The molecule has 3 unspecified atom stereocenters. The summed E-state index contributed by atoms with van der Waals surface area (Å²) in [6.45, 7) is 3.74. The van der Waals surface area contributed by atoms with Gasteiger partial charge in [0.15, 0.2) is 35.3 Å². The van der Waals surface area contributed by atoms with Crippen LogP contribution in [0, 0.1) is 0 Å². The maximum atomic E-state index is 13.4. The second-order valence-corrected chi connectivity index (χ2v) is 11.8. The molecule has 2 aromatic carbocycles. The summed E-state index contributed by atoms with van der Waals surface area (Å²) in [6.07, 6.45) is -2.77. The highest BCUT2D eigenvalue weighted by molar-refractivity contribution is 5.89. The molecule has 9 N–H and O–H groups in total. The van der Waals surface area contributed by atoms with Crippen molar-refractivity contribution in [2.45, 2.75) is 31.5 Å². The zero-order valence-corrected chi connectivity index (χ0v) is 28.8. The van der Waals surface area contributed by atoms with Crippen molar-refractivity contribution in [2.75, 3.05) is 59.4 Å². The molecule has 3 heterocycles. The molecular formula is C34H41N5O15. The minimum absolute atomic E-state index is 0.0229. The molecule has 0 spiro atoms. The highest BCUT2D eigenvalue weighted by Crippen LogP contribution is 2.51. The third-order valence-corrected chi connectivity index (χ3v) is 7.81. The molecule has 1 aliphatic heterocycles. The fourth-order valence-corrected chi connectivity index (χ4v) is 5.39. The number of carbonyl (C=O) groups is 1. The number of fused-ring (bicyclic) bond motifs is 1. The molecule has 4 aromatic rings. The number of benzene rings is 2. The molecule has 0 radical (unpaired) electrons. The summed E-state index contributed by atoms with van der Waals surface area (Å²) in [6, 6.07) is 6.10. The highest BCUT2D eigenvalue weighted by atomic mass is 16.6.